The first-order valence-electron chi connectivity index (χ1n) is 5.60. The maximum absolute atomic E-state index is 13.4. The Morgan fingerprint density at radius 3 is 2.82 bits per heavy atom. The predicted molar refractivity (Wildman–Crippen MR) is 70.2 cm³/mol. The van der Waals surface area contributed by atoms with Crippen molar-refractivity contribution in [1.82, 2.24) is 5.32 Å². The minimum absolute atomic E-state index is 0.0979. The van der Waals surface area contributed by atoms with Gasteiger partial charge in [0.05, 0.1) is 9.50 Å². The lowest BCUT2D eigenvalue weighted by Crippen LogP contribution is -2.33. The van der Waals surface area contributed by atoms with Crippen molar-refractivity contribution in [3.05, 3.63) is 27.4 Å². The highest BCUT2D eigenvalue weighted by atomic mass is 79.9. The van der Waals surface area contributed by atoms with E-state index < -0.39 is 5.82 Å². The topological polar surface area (TPSA) is 21.3 Å². The van der Waals surface area contributed by atoms with Crippen LogP contribution in [0.5, 0.6) is 5.75 Å². The maximum Gasteiger partial charge on any atom is 0.145 e. The fraction of sp³-hybridized carbons (Fsp3) is 0.500. The van der Waals surface area contributed by atoms with Crippen LogP contribution in [0.25, 0.3) is 0 Å². The summed E-state index contributed by atoms with van der Waals surface area (Å²) in [5, 5.41) is 3.35. The molecule has 0 spiro atoms. The number of hydrogen-bond acceptors (Lipinski definition) is 2. The van der Waals surface area contributed by atoms with Gasteiger partial charge in [0.2, 0.25) is 0 Å². The maximum atomic E-state index is 13.4. The molecule has 1 aromatic carbocycles. The summed E-state index contributed by atoms with van der Waals surface area (Å²) < 4.78 is 19.9. The smallest absolute Gasteiger partial charge is 0.145 e. The highest BCUT2D eigenvalue weighted by Crippen LogP contribution is 2.42. The molecule has 1 saturated carbocycles. The summed E-state index contributed by atoms with van der Waals surface area (Å²) in [6, 6.07) is 2.86. The van der Waals surface area contributed by atoms with Crippen LogP contribution in [0.4, 0.5) is 4.39 Å². The number of nitrogens with one attached hydrogen (secondary N) is 1. The molecule has 1 aliphatic carbocycles. The van der Waals surface area contributed by atoms with E-state index in [2.05, 4.69) is 21.2 Å². The van der Waals surface area contributed by atoms with Crippen molar-refractivity contribution in [3.8, 4) is 5.75 Å². The van der Waals surface area contributed by atoms with Crippen molar-refractivity contribution in [2.75, 3.05) is 13.1 Å². The Labute approximate surface area is 114 Å². The minimum atomic E-state index is -0.455. The van der Waals surface area contributed by atoms with Crippen LogP contribution in [0, 0.1) is 5.82 Å². The second-order valence-corrected chi connectivity index (χ2v) is 5.52. The fourth-order valence-electron chi connectivity index (χ4n) is 1.62. The van der Waals surface area contributed by atoms with Crippen molar-refractivity contribution in [2.24, 2.45) is 0 Å². The second kappa shape index (κ2) is 5.12. The van der Waals surface area contributed by atoms with E-state index in [9.17, 15) is 4.39 Å². The first-order valence-corrected chi connectivity index (χ1v) is 6.78. The Balaban J connectivity index is 2.11. The van der Waals surface area contributed by atoms with Gasteiger partial charge in [0, 0.05) is 12.6 Å². The summed E-state index contributed by atoms with van der Waals surface area (Å²) in [4.78, 5) is 0. The molecule has 0 unspecified atom stereocenters. The van der Waals surface area contributed by atoms with Crippen LogP contribution >= 0.6 is 27.5 Å². The van der Waals surface area contributed by atoms with Crippen LogP contribution in [0.3, 0.4) is 0 Å². The molecule has 94 valence electrons. The molecule has 1 N–H and O–H groups in total. The van der Waals surface area contributed by atoms with Gasteiger partial charge in [-0.15, -0.1) is 0 Å². The first kappa shape index (κ1) is 13.1. The van der Waals surface area contributed by atoms with Gasteiger partial charge in [-0.2, -0.15) is 0 Å². The van der Waals surface area contributed by atoms with Crippen LogP contribution in [0.1, 0.15) is 19.8 Å². The fourth-order valence-corrected chi connectivity index (χ4v) is 2.34. The van der Waals surface area contributed by atoms with Crippen molar-refractivity contribution >= 4 is 27.5 Å². The average Bonchev–Trinajstić information content (AvgIpc) is 3.04. The van der Waals surface area contributed by atoms with Crippen molar-refractivity contribution in [2.45, 2.75) is 25.4 Å². The van der Waals surface area contributed by atoms with E-state index in [0.29, 0.717) is 10.2 Å². The SMILES string of the molecule is CCNCC1(Oc2cc(F)c(Cl)cc2Br)CC1. The highest BCUT2D eigenvalue weighted by molar-refractivity contribution is 9.10. The molecule has 0 saturated heterocycles. The zero-order valence-corrected chi connectivity index (χ0v) is 11.9. The van der Waals surface area contributed by atoms with E-state index in [1.54, 1.807) is 0 Å². The van der Waals surface area contributed by atoms with Crippen molar-refractivity contribution in [3.63, 3.8) is 0 Å². The quantitative estimate of drug-likeness (QED) is 0.833. The number of hydrogen-bond donors (Lipinski definition) is 1. The summed E-state index contributed by atoms with van der Waals surface area (Å²) in [6.45, 7) is 3.75. The molecule has 1 aliphatic rings. The summed E-state index contributed by atoms with van der Waals surface area (Å²) in [5.41, 5.74) is -0.168. The summed E-state index contributed by atoms with van der Waals surface area (Å²) in [7, 11) is 0. The zero-order chi connectivity index (χ0) is 12.5. The minimum Gasteiger partial charge on any atom is -0.485 e. The van der Waals surface area contributed by atoms with E-state index in [1.807, 2.05) is 6.92 Å². The van der Waals surface area contributed by atoms with Gasteiger partial charge in [0.1, 0.15) is 17.2 Å². The van der Waals surface area contributed by atoms with Crippen molar-refractivity contribution < 1.29 is 9.13 Å². The van der Waals surface area contributed by atoms with E-state index in [-0.39, 0.29) is 10.6 Å². The van der Waals surface area contributed by atoms with E-state index >= 15 is 0 Å². The van der Waals surface area contributed by atoms with E-state index in [1.165, 1.54) is 12.1 Å². The molecule has 0 heterocycles. The Hall–Kier alpha value is -0.320. The van der Waals surface area contributed by atoms with Gasteiger partial charge in [-0.05, 0) is 41.4 Å². The largest absolute Gasteiger partial charge is 0.485 e. The summed E-state index contributed by atoms with van der Waals surface area (Å²) in [5.74, 6) is 0.0615. The van der Waals surface area contributed by atoms with Gasteiger partial charge in [-0.25, -0.2) is 4.39 Å². The molecule has 0 aliphatic heterocycles. The lowest BCUT2D eigenvalue weighted by molar-refractivity contribution is 0.174. The Kier molecular flexibility index (Phi) is 3.95. The third kappa shape index (κ3) is 3.12. The molecule has 0 amide bonds. The number of ether oxygens (including phenoxy) is 1. The van der Waals surface area contributed by atoms with Crippen LogP contribution in [0.15, 0.2) is 16.6 Å². The molecule has 5 heteroatoms. The molecule has 0 atom stereocenters. The number of likely N-dealkylation sites (N-methyl/N-ethyl adjacent to an activating group) is 1. The van der Waals surface area contributed by atoms with Crippen LogP contribution in [0.2, 0.25) is 5.02 Å². The molecule has 1 aromatic rings. The Morgan fingerprint density at radius 2 is 2.24 bits per heavy atom. The third-order valence-corrected chi connectivity index (χ3v) is 3.72. The number of benzene rings is 1. The molecule has 0 aromatic heterocycles. The molecule has 1 fully saturated rings. The van der Waals surface area contributed by atoms with Gasteiger partial charge >= 0.3 is 0 Å². The standard InChI is InChI=1S/C12H14BrClFNO/c1-2-16-7-12(3-4-12)17-11-6-10(15)9(14)5-8(11)13/h5-6,16H,2-4,7H2,1H3. The zero-order valence-electron chi connectivity index (χ0n) is 9.53. The van der Waals surface area contributed by atoms with Gasteiger partial charge in [-0.1, -0.05) is 18.5 Å². The Morgan fingerprint density at radius 1 is 1.53 bits per heavy atom. The molecule has 0 bridgehead atoms. The summed E-state index contributed by atoms with van der Waals surface area (Å²) in [6.07, 6.45) is 1.99. The van der Waals surface area contributed by atoms with Gasteiger partial charge in [0.15, 0.2) is 0 Å². The first-order chi connectivity index (χ1) is 8.06. The normalized spacial score (nSPS) is 16.9. The third-order valence-electron chi connectivity index (χ3n) is 2.81. The lowest BCUT2D eigenvalue weighted by atomic mass is 10.3. The van der Waals surface area contributed by atoms with Gasteiger partial charge < -0.3 is 10.1 Å². The molecule has 0 radical (unpaired) electrons. The molecule has 2 nitrogen and oxygen atoms in total. The molecule has 17 heavy (non-hydrogen) atoms. The van der Waals surface area contributed by atoms with Crippen LogP contribution in [-0.4, -0.2) is 18.7 Å². The predicted octanol–water partition coefficient (Wildman–Crippen LogP) is 3.76. The number of halogens is 3. The molecule has 2 rings (SSSR count). The van der Waals surface area contributed by atoms with E-state index in [0.717, 1.165) is 25.9 Å². The summed E-state index contributed by atoms with van der Waals surface area (Å²) >= 11 is 9.02. The molecular formula is C12H14BrClFNO. The average molecular weight is 323 g/mol. The highest BCUT2D eigenvalue weighted by Gasteiger charge is 2.45. The van der Waals surface area contributed by atoms with Crippen molar-refractivity contribution in [1.29, 1.82) is 0 Å². The molecular weight excluding hydrogens is 308 g/mol. The van der Waals surface area contributed by atoms with Gasteiger partial charge in [0.25, 0.3) is 0 Å². The van der Waals surface area contributed by atoms with Gasteiger partial charge in [-0.3, -0.25) is 0 Å². The number of rotatable bonds is 5. The van der Waals surface area contributed by atoms with Crippen LogP contribution < -0.4 is 10.1 Å². The second-order valence-electron chi connectivity index (χ2n) is 4.26. The lowest BCUT2D eigenvalue weighted by Gasteiger charge is -2.19. The Bertz CT molecular complexity index is 423. The monoisotopic (exact) mass is 321 g/mol. The van der Waals surface area contributed by atoms with Crippen LogP contribution in [-0.2, 0) is 0 Å². The van der Waals surface area contributed by atoms with E-state index in [4.69, 9.17) is 16.3 Å².